The van der Waals surface area contributed by atoms with E-state index in [0.29, 0.717) is 64.9 Å². The number of benzene rings is 2. The van der Waals surface area contributed by atoms with E-state index in [1.54, 1.807) is 12.1 Å². The third-order valence-corrected chi connectivity index (χ3v) is 11.2. The van der Waals surface area contributed by atoms with E-state index in [9.17, 15) is 9.59 Å². The van der Waals surface area contributed by atoms with E-state index in [2.05, 4.69) is 39.8 Å². The van der Waals surface area contributed by atoms with E-state index < -0.39 is 5.92 Å². The number of Topliss-reactive ketones (excluding diaryl/α,β-unsaturated/α-hetero) is 2. The highest BCUT2D eigenvalue weighted by Gasteiger charge is 2.35. The smallest absolute Gasteiger partial charge is 0.187 e. The largest absolute Gasteiger partial charge is 0.299 e. The number of nitrogens with zero attached hydrogens (tertiary/aromatic N) is 10. The highest BCUT2D eigenvalue weighted by Crippen LogP contribution is 2.40. The van der Waals surface area contributed by atoms with Gasteiger partial charge in [0.15, 0.2) is 28.5 Å². The molecule has 2 fully saturated rings. The number of ketones is 2. The van der Waals surface area contributed by atoms with Gasteiger partial charge in [0.2, 0.25) is 0 Å². The summed E-state index contributed by atoms with van der Waals surface area (Å²) in [5, 5.41) is 11.3. The van der Waals surface area contributed by atoms with Gasteiger partial charge in [-0.25, -0.2) is 29.6 Å². The highest BCUT2D eigenvalue weighted by atomic mass is 35.5. The van der Waals surface area contributed by atoms with Crippen LogP contribution < -0.4 is 0 Å². The van der Waals surface area contributed by atoms with Crippen LogP contribution in [0.4, 0.5) is 11.4 Å². The second-order valence-electron chi connectivity index (χ2n) is 14.4. The molecular formula is C41H37ClN10O2. The van der Waals surface area contributed by atoms with Gasteiger partial charge in [-0.1, -0.05) is 80.1 Å². The van der Waals surface area contributed by atoms with Crippen molar-refractivity contribution in [3.8, 4) is 0 Å². The molecule has 54 heavy (non-hydrogen) atoms. The molecule has 10 rings (SSSR count). The number of hydrogen-bond acceptors (Lipinski definition) is 8. The van der Waals surface area contributed by atoms with Crippen LogP contribution in [0.1, 0.15) is 104 Å². The van der Waals surface area contributed by atoms with Gasteiger partial charge in [0.1, 0.15) is 23.6 Å². The van der Waals surface area contributed by atoms with Crippen LogP contribution in [0.15, 0.2) is 61.4 Å². The van der Waals surface area contributed by atoms with Crippen molar-refractivity contribution in [3.05, 3.63) is 117 Å². The first-order valence-corrected chi connectivity index (χ1v) is 18.9. The standard InChI is InChI=1S/C20H17N5O.C11H13ClN4.C10H7NO/c1-21-13-7-6-12-8-17(26)18(15(12)9-13)19-16-10-25(14-4-2-3-5-14)24-20(16)23-11-22-19;12-10-9-6-16(8-4-2-1-3-5-8)15-11(9)14-7-13-10;1-11-9-3-2-7-5-10(12)6-8(7)4-9/h6-7,9-11,14,18H,2-5,8H2;6-8H,1-5H2;2-4H,5-6H2. The van der Waals surface area contributed by atoms with Crippen LogP contribution in [0.2, 0.25) is 5.15 Å². The van der Waals surface area contributed by atoms with Crippen LogP contribution >= 0.6 is 11.6 Å². The summed E-state index contributed by atoms with van der Waals surface area (Å²) < 4.78 is 4.02. The molecule has 13 heteroatoms. The van der Waals surface area contributed by atoms with Gasteiger partial charge in [-0.3, -0.25) is 19.0 Å². The zero-order valence-electron chi connectivity index (χ0n) is 29.7. The third-order valence-electron chi connectivity index (χ3n) is 10.9. The summed E-state index contributed by atoms with van der Waals surface area (Å²) in [6.07, 6.45) is 19.5. The van der Waals surface area contributed by atoms with Crippen molar-refractivity contribution < 1.29 is 9.59 Å². The molecule has 2 aromatic carbocycles. The molecule has 12 nitrogen and oxygen atoms in total. The van der Waals surface area contributed by atoms with Gasteiger partial charge in [-0.2, -0.15) is 10.2 Å². The summed E-state index contributed by atoms with van der Waals surface area (Å²) in [5.74, 6) is -0.0543. The van der Waals surface area contributed by atoms with Gasteiger partial charge in [-0.15, -0.1) is 0 Å². The monoisotopic (exact) mass is 736 g/mol. The van der Waals surface area contributed by atoms with Crippen molar-refractivity contribution in [2.45, 2.75) is 95.1 Å². The van der Waals surface area contributed by atoms with Gasteiger partial charge in [0, 0.05) is 31.7 Å². The van der Waals surface area contributed by atoms with E-state index in [1.807, 2.05) is 46.0 Å². The Morgan fingerprint density at radius 1 is 0.648 bits per heavy atom. The fraction of sp³-hybridized carbons (Fsp3) is 0.366. The Morgan fingerprint density at radius 3 is 1.89 bits per heavy atom. The SMILES string of the molecule is Clc1ncnc2nn(C3CCCCC3)cc12.[C-]#[N+]c1ccc2c(c1)C(c1ncnc3nn(C4CCCC4)cc13)C(=O)C2.[C-]#[N+]c1ccc2c(c1)CC(=O)C2. The number of hydrogen-bond donors (Lipinski definition) is 0. The third kappa shape index (κ3) is 7.10. The molecule has 6 aromatic rings. The maximum Gasteiger partial charge on any atom is 0.187 e. The average Bonchev–Trinajstić information content (AvgIpc) is 4.04. The topological polar surface area (TPSA) is 130 Å². The molecule has 270 valence electrons. The molecule has 0 saturated heterocycles. The summed E-state index contributed by atoms with van der Waals surface area (Å²) in [7, 11) is 0. The minimum absolute atomic E-state index is 0.121. The molecule has 1 unspecified atom stereocenters. The number of carbonyl (C=O) groups excluding carboxylic acids is 2. The minimum atomic E-state index is -0.432. The number of rotatable bonds is 3. The molecule has 0 bridgehead atoms. The fourth-order valence-corrected chi connectivity index (χ4v) is 8.35. The number of carbonyl (C=O) groups is 2. The summed E-state index contributed by atoms with van der Waals surface area (Å²) in [4.78, 5) is 47.5. The molecule has 0 amide bonds. The molecule has 2 saturated carbocycles. The lowest BCUT2D eigenvalue weighted by Gasteiger charge is -2.21. The highest BCUT2D eigenvalue weighted by molar-refractivity contribution is 6.33. The maximum absolute atomic E-state index is 12.8. The maximum atomic E-state index is 12.8. The zero-order valence-corrected chi connectivity index (χ0v) is 30.4. The van der Waals surface area contributed by atoms with E-state index in [-0.39, 0.29) is 11.6 Å². The number of halogens is 1. The van der Waals surface area contributed by atoms with Crippen LogP contribution in [0.5, 0.6) is 0 Å². The van der Waals surface area contributed by atoms with E-state index in [4.69, 9.17) is 24.7 Å². The lowest BCUT2D eigenvalue weighted by atomic mass is 9.95. The lowest BCUT2D eigenvalue weighted by Crippen LogP contribution is -2.12. The van der Waals surface area contributed by atoms with E-state index in [1.165, 1.54) is 57.6 Å². The average molecular weight is 737 g/mol. The summed E-state index contributed by atoms with van der Waals surface area (Å²) in [6.45, 7) is 14.1. The van der Waals surface area contributed by atoms with Crippen molar-refractivity contribution >= 4 is 56.6 Å². The predicted molar refractivity (Wildman–Crippen MR) is 204 cm³/mol. The molecule has 0 N–H and O–H groups in total. The van der Waals surface area contributed by atoms with Crippen LogP contribution in [0.25, 0.3) is 31.8 Å². The van der Waals surface area contributed by atoms with Gasteiger partial charge in [-0.05, 0) is 47.9 Å². The summed E-state index contributed by atoms with van der Waals surface area (Å²) in [5.41, 5.74) is 7.25. The predicted octanol–water partition coefficient (Wildman–Crippen LogP) is 8.64. The second kappa shape index (κ2) is 15.2. The molecule has 4 aromatic heterocycles. The molecule has 0 spiro atoms. The quantitative estimate of drug-likeness (QED) is 0.130. The van der Waals surface area contributed by atoms with Crippen LogP contribution in [-0.4, -0.2) is 51.1 Å². The van der Waals surface area contributed by atoms with Crippen LogP contribution in [-0.2, 0) is 28.9 Å². The Balaban J connectivity index is 0.000000126. The van der Waals surface area contributed by atoms with Gasteiger partial charge in [0.25, 0.3) is 0 Å². The molecule has 0 radical (unpaired) electrons. The van der Waals surface area contributed by atoms with Crippen molar-refractivity contribution in [1.82, 2.24) is 39.5 Å². The molecule has 4 heterocycles. The minimum Gasteiger partial charge on any atom is -0.299 e. The Bertz CT molecular complexity index is 2480. The number of aromatic nitrogens is 8. The van der Waals surface area contributed by atoms with E-state index in [0.717, 1.165) is 45.9 Å². The van der Waals surface area contributed by atoms with Crippen molar-refractivity contribution in [3.63, 3.8) is 0 Å². The summed E-state index contributed by atoms with van der Waals surface area (Å²) >= 11 is 6.00. The van der Waals surface area contributed by atoms with Gasteiger partial charge in [0.05, 0.1) is 47.6 Å². The second-order valence-corrected chi connectivity index (χ2v) is 14.7. The molecule has 4 aliphatic rings. The first kappa shape index (κ1) is 35.2. The van der Waals surface area contributed by atoms with E-state index >= 15 is 0 Å². The zero-order chi connectivity index (χ0) is 37.2. The normalized spacial score (nSPS) is 18.0. The Hall–Kier alpha value is -5.85. The van der Waals surface area contributed by atoms with Crippen LogP contribution in [0.3, 0.4) is 0 Å². The van der Waals surface area contributed by atoms with Crippen LogP contribution in [0, 0.1) is 13.1 Å². The summed E-state index contributed by atoms with van der Waals surface area (Å²) in [6, 6.07) is 11.9. The van der Waals surface area contributed by atoms with Crippen molar-refractivity contribution in [2.75, 3.05) is 0 Å². The fourth-order valence-electron chi connectivity index (χ4n) is 8.17. The Morgan fingerprint density at radius 2 is 1.22 bits per heavy atom. The number of fused-ring (bicyclic) bond motifs is 4. The molecule has 4 aliphatic carbocycles. The van der Waals surface area contributed by atoms with Crippen molar-refractivity contribution in [1.29, 1.82) is 0 Å². The molecular weight excluding hydrogens is 700 g/mol. The Labute approximate surface area is 317 Å². The van der Waals surface area contributed by atoms with Gasteiger partial charge >= 0.3 is 0 Å². The molecule has 0 aliphatic heterocycles. The van der Waals surface area contributed by atoms with Gasteiger partial charge < -0.3 is 0 Å². The van der Waals surface area contributed by atoms with Crippen molar-refractivity contribution in [2.24, 2.45) is 0 Å². The first-order chi connectivity index (χ1) is 26.4. The lowest BCUT2D eigenvalue weighted by molar-refractivity contribution is -0.118. The first-order valence-electron chi connectivity index (χ1n) is 18.5. The Kier molecular flexibility index (Phi) is 9.94. The molecule has 1 atom stereocenters.